The number of carbonyl (C=O) groups excluding carboxylic acids is 1. The van der Waals surface area contributed by atoms with E-state index in [4.69, 9.17) is 10.2 Å². The Morgan fingerprint density at radius 1 is 1.47 bits per heavy atom. The molecule has 0 saturated heterocycles. The van der Waals surface area contributed by atoms with Gasteiger partial charge in [0.15, 0.2) is 11.5 Å². The molecule has 0 heterocycles. The van der Waals surface area contributed by atoms with Gasteiger partial charge in [-0.05, 0) is 17.7 Å². The van der Waals surface area contributed by atoms with Crippen molar-refractivity contribution in [1.82, 2.24) is 0 Å². The summed E-state index contributed by atoms with van der Waals surface area (Å²) in [6.07, 6.45) is 1.60. The quantitative estimate of drug-likeness (QED) is 0.728. The molecule has 0 aliphatic rings. The first-order valence-corrected chi connectivity index (χ1v) is 4.25. The van der Waals surface area contributed by atoms with Crippen LogP contribution in [0.1, 0.15) is 12.5 Å². The fourth-order valence-electron chi connectivity index (χ4n) is 0.667. The molecule has 82 valence electrons. The lowest BCUT2D eigenvalue weighted by atomic mass is 10.2. The number of aromatic hydroxyl groups is 2. The highest BCUT2D eigenvalue weighted by Crippen LogP contribution is 2.24. The predicted octanol–water partition coefficient (Wildman–Crippen LogP) is 2.44. The second kappa shape index (κ2) is 6.73. The Morgan fingerprint density at radius 2 is 2.00 bits per heavy atom. The van der Waals surface area contributed by atoms with Gasteiger partial charge < -0.3 is 14.5 Å². The molecular weight excluding hydrogens is 220 g/mol. The lowest BCUT2D eigenvalue weighted by Crippen LogP contribution is -1.82. The third kappa shape index (κ3) is 5.59. The van der Waals surface area contributed by atoms with Crippen molar-refractivity contribution in [1.29, 1.82) is 0 Å². The van der Waals surface area contributed by atoms with Crippen LogP contribution >= 0.6 is 11.9 Å². The molecule has 2 N–H and O–H groups in total. The number of benzene rings is 1. The molecule has 0 atom stereocenters. The highest BCUT2D eigenvalue weighted by molar-refractivity contribution is 6.12. The molecule has 0 fully saturated rings. The Labute approximate surface area is 92.5 Å². The van der Waals surface area contributed by atoms with Crippen LogP contribution in [0.15, 0.2) is 24.8 Å². The molecule has 0 bridgehead atoms. The van der Waals surface area contributed by atoms with E-state index < -0.39 is 5.97 Å². The predicted molar refractivity (Wildman–Crippen MR) is 57.5 cm³/mol. The number of hydrogen-bond donors (Lipinski definition) is 2. The van der Waals surface area contributed by atoms with Crippen molar-refractivity contribution in [2.45, 2.75) is 6.92 Å². The zero-order valence-corrected chi connectivity index (χ0v) is 8.86. The molecule has 5 heteroatoms. The fraction of sp³-hybridized carbons (Fsp3) is 0.100. The van der Waals surface area contributed by atoms with Crippen LogP contribution in [-0.2, 0) is 9.08 Å². The Balaban J connectivity index is 0.000000336. The molecule has 0 aromatic heterocycles. The molecule has 1 rings (SSSR count). The van der Waals surface area contributed by atoms with Gasteiger partial charge in [-0.3, -0.25) is 4.79 Å². The topological polar surface area (TPSA) is 66.8 Å². The van der Waals surface area contributed by atoms with Crippen LogP contribution < -0.4 is 0 Å². The van der Waals surface area contributed by atoms with Gasteiger partial charge in [-0.25, -0.2) is 0 Å². The first-order valence-electron chi connectivity index (χ1n) is 3.94. The number of phenols is 2. The van der Waals surface area contributed by atoms with Crippen LogP contribution in [0.25, 0.3) is 6.08 Å². The number of hydrogen-bond acceptors (Lipinski definition) is 4. The first-order chi connectivity index (χ1) is 7.01. The zero-order chi connectivity index (χ0) is 11.8. The van der Waals surface area contributed by atoms with E-state index in [1.54, 1.807) is 12.1 Å². The molecule has 0 spiro atoms. The zero-order valence-electron chi connectivity index (χ0n) is 8.11. The summed E-state index contributed by atoms with van der Waals surface area (Å²) in [7, 11) is 0. The van der Waals surface area contributed by atoms with Crippen molar-refractivity contribution in [3.63, 3.8) is 0 Å². The maximum absolute atomic E-state index is 9.46. The van der Waals surface area contributed by atoms with Crippen molar-refractivity contribution in [3.8, 4) is 11.5 Å². The van der Waals surface area contributed by atoms with Gasteiger partial charge in [0.25, 0.3) is 0 Å². The van der Waals surface area contributed by atoms with Crippen LogP contribution in [0.2, 0.25) is 0 Å². The van der Waals surface area contributed by atoms with Gasteiger partial charge >= 0.3 is 5.97 Å². The summed E-state index contributed by atoms with van der Waals surface area (Å²) in [5.74, 6) is -0.699. The van der Waals surface area contributed by atoms with Gasteiger partial charge in [-0.15, -0.1) is 0 Å². The maximum Gasteiger partial charge on any atom is 0.321 e. The van der Waals surface area contributed by atoms with Crippen molar-refractivity contribution >= 4 is 23.9 Å². The highest BCUT2D eigenvalue weighted by atomic mass is 35.5. The van der Waals surface area contributed by atoms with E-state index in [2.05, 4.69) is 22.7 Å². The Bertz CT molecular complexity index is 349. The second-order valence-electron chi connectivity index (χ2n) is 2.52. The van der Waals surface area contributed by atoms with Crippen LogP contribution in [0.5, 0.6) is 11.5 Å². The minimum Gasteiger partial charge on any atom is -0.504 e. The highest BCUT2D eigenvalue weighted by Gasteiger charge is 1.96. The van der Waals surface area contributed by atoms with E-state index in [0.717, 1.165) is 5.56 Å². The molecule has 15 heavy (non-hydrogen) atoms. The van der Waals surface area contributed by atoms with E-state index in [-0.39, 0.29) is 11.5 Å². The Hall–Kier alpha value is -1.68. The average Bonchev–Trinajstić information content (AvgIpc) is 2.23. The van der Waals surface area contributed by atoms with Crippen molar-refractivity contribution < 1.29 is 19.3 Å². The minimum absolute atomic E-state index is 0.106. The number of carbonyl (C=O) groups is 1. The van der Waals surface area contributed by atoms with Gasteiger partial charge in [-0.1, -0.05) is 18.7 Å². The van der Waals surface area contributed by atoms with E-state index in [1.807, 2.05) is 0 Å². The van der Waals surface area contributed by atoms with Crippen LogP contribution in [0, 0.1) is 0 Å². The number of halogens is 1. The van der Waals surface area contributed by atoms with Crippen molar-refractivity contribution in [3.05, 3.63) is 30.3 Å². The summed E-state index contributed by atoms with van der Waals surface area (Å²) < 4.78 is 3.58. The first kappa shape index (κ1) is 13.3. The van der Waals surface area contributed by atoms with Gasteiger partial charge in [0.2, 0.25) is 0 Å². The molecule has 1 aromatic rings. The molecule has 0 amide bonds. The minimum atomic E-state index is -0.480. The molecule has 0 aliphatic heterocycles. The van der Waals surface area contributed by atoms with Gasteiger partial charge in [0, 0.05) is 6.92 Å². The third-order valence-corrected chi connectivity index (χ3v) is 1.56. The van der Waals surface area contributed by atoms with Crippen LogP contribution in [-0.4, -0.2) is 16.2 Å². The fourth-order valence-corrected chi connectivity index (χ4v) is 0.667. The summed E-state index contributed by atoms with van der Waals surface area (Å²) in [6.45, 7) is 4.74. The summed E-state index contributed by atoms with van der Waals surface area (Å²) in [5.41, 5.74) is 0.787. The van der Waals surface area contributed by atoms with E-state index in [1.165, 1.54) is 19.1 Å². The molecule has 0 aliphatic carbocycles. The summed E-state index contributed by atoms with van der Waals surface area (Å²) in [6, 6.07) is 4.54. The average molecular weight is 231 g/mol. The van der Waals surface area contributed by atoms with Gasteiger partial charge in [0.1, 0.15) is 11.9 Å². The van der Waals surface area contributed by atoms with E-state index in [0.29, 0.717) is 0 Å². The monoisotopic (exact) mass is 230 g/mol. The molecular formula is C10H11ClO4. The van der Waals surface area contributed by atoms with E-state index in [9.17, 15) is 4.79 Å². The lowest BCUT2D eigenvalue weighted by Gasteiger charge is -1.96. The molecule has 0 saturated carbocycles. The summed E-state index contributed by atoms with van der Waals surface area (Å²) in [4.78, 5) is 9.46. The smallest absolute Gasteiger partial charge is 0.321 e. The van der Waals surface area contributed by atoms with Crippen molar-refractivity contribution in [2.75, 3.05) is 0 Å². The summed E-state index contributed by atoms with van der Waals surface area (Å²) >= 11 is 4.49. The van der Waals surface area contributed by atoms with Crippen LogP contribution in [0.3, 0.4) is 0 Å². The Kier molecular flexibility index (Phi) is 5.97. The van der Waals surface area contributed by atoms with Crippen molar-refractivity contribution in [2.24, 2.45) is 0 Å². The summed E-state index contributed by atoms with van der Waals surface area (Å²) in [5, 5.41) is 17.8. The largest absolute Gasteiger partial charge is 0.504 e. The third-order valence-electron chi connectivity index (χ3n) is 1.34. The SMILES string of the molecule is C=Cc1ccc(O)c(O)c1.CC(=O)OCl. The van der Waals surface area contributed by atoms with Gasteiger partial charge in [-0.2, -0.15) is 0 Å². The molecule has 4 nitrogen and oxygen atoms in total. The van der Waals surface area contributed by atoms with Crippen LogP contribution in [0.4, 0.5) is 0 Å². The Morgan fingerprint density at radius 3 is 2.33 bits per heavy atom. The normalized spacial score (nSPS) is 8.40. The molecule has 0 unspecified atom stereocenters. The van der Waals surface area contributed by atoms with Gasteiger partial charge in [0.05, 0.1) is 0 Å². The molecule has 0 radical (unpaired) electrons. The maximum atomic E-state index is 9.46. The second-order valence-corrected chi connectivity index (χ2v) is 2.68. The number of rotatable bonds is 1. The standard InChI is InChI=1S/C8H8O2.C2H3ClO2/c1-2-6-3-4-7(9)8(10)5-6;1-2(4)5-3/h2-5,9-10H,1H2;1H3. The molecule has 1 aromatic carbocycles. The van der Waals surface area contributed by atoms with E-state index >= 15 is 0 Å². The number of phenolic OH excluding ortho intramolecular Hbond substituents is 2. The lowest BCUT2D eigenvalue weighted by molar-refractivity contribution is -0.131.